The molecule has 1 amide bonds. The summed E-state index contributed by atoms with van der Waals surface area (Å²) >= 11 is 0. The van der Waals surface area contributed by atoms with E-state index in [1.54, 1.807) is 0 Å². The van der Waals surface area contributed by atoms with Crippen LogP contribution >= 0.6 is 0 Å². The predicted octanol–water partition coefficient (Wildman–Crippen LogP) is 2.96. The Hall–Kier alpha value is -3.14. The summed E-state index contributed by atoms with van der Waals surface area (Å²) in [6, 6.07) is 11.6. The van der Waals surface area contributed by atoms with Crippen LogP contribution in [0.3, 0.4) is 0 Å². The van der Waals surface area contributed by atoms with Crippen LogP contribution in [0.2, 0.25) is 0 Å². The van der Waals surface area contributed by atoms with Crippen molar-refractivity contribution in [3.8, 4) is 11.9 Å². The first-order valence-electron chi connectivity index (χ1n) is 8.59. The number of nitrogens with one attached hydrogen (secondary N) is 1. The molecule has 1 aliphatic carbocycles. The first-order valence-corrected chi connectivity index (χ1v) is 8.59. The maximum absolute atomic E-state index is 11.9. The zero-order valence-electron chi connectivity index (χ0n) is 14.3. The van der Waals surface area contributed by atoms with Crippen LogP contribution < -0.4 is 10.1 Å². The molecule has 0 radical (unpaired) electrons. The van der Waals surface area contributed by atoms with Crippen molar-refractivity contribution in [2.24, 2.45) is 0 Å². The Bertz CT molecular complexity index is 768. The number of alkyl carbamates (subject to hydrolysis) is 1. The number of nitriles is 1. The third-order valence-electron chi connectivity index (χ3n) is 4.26. The Balaban J connectivity index is 1.41. The van der Waals surface area contributed by atoms with Crippen molar-refractivity contribution in [3.63, 3.8) is 0 Å². The number of nitrogens with zero attached hydrogens (tertiary/aromatic N) is 3. The second-order valence-corrected chi connectivity index (χ2v) is 6.12. The fraction of sp³-hybridized carbons (Fsp3) is 0.368. The molecule has 3 rings (SSSR count). The molecule has 134 valence electrons. The van der Waals surface area contributed by atoms with Gasteiger partial charge in [-0.05, 0) is 31.2 Å². The second kappa shape index (κ2) is 8.81. The number of hydrogen-bond acceptors (Lipinski definition) is 6. The van der Waals surface area contributed by atoms with E-state index in [1.807, 2.05) is 36.4 Å². The van der Waals surface area contributed by atoms with Gasteiger partial charge in [-0.2, -0.15) is 5.26 Å². The predicted molar refractivity (Wildman–Crippen MR) is 93.2 cm³/mol. The summed E-state index contributed by atoms with van der Waals surface area (Å²) in [5, 5.41) is 11.9. The average molecular weight is 352 g/mol. The molecule has 0 spiro atoms. The van der Waals surface area contributed by atoms with E-state index in [-0.39, 0.29) is 30.3 Å². The van der Waals surface area contributed by atoms with Gasteiger partial charge in [0.1, 0.15) is 18.8 Å². The maximum atomic E-state index is 11.9. The molecular weight excluding hydrogens is 332 g/mol. The molecule has 0 saturated heterocycles. The van der Waals surface area contributed by atoms with Crippen LogP contribution in [0.1, 0.15) is 36.9 Å². The fourth-order valence-corrected chi connectivity index (χ4v) is 2.90. The lowest BCUT2D eigenvalue weighted by Crippen LogP contribution is -2.40. The number of hydrogen-bond donors (Lipinski definition) is 1. The van der Waals surface area contributed by atoms with Gasteiger partial charge < -0.3 is 14.8 Å². The lowest BCUT2D eigenvalue weighted by atomic mass is 9.93. The summed E-state index contributed by atoms with van der Waals surface area (Å²) < 4.78 is 11.0. The SMILES string of the molecule is N#Cc1nccnc1OC1CCC(NC(=O)OCc2ccccc2)CC1. The second-order valence-electron chi connectivity index (χ2n) is 6.12. The van der Waals surface area contributed by atoms with Crippen LogP contribution in [0, 0.1) is 11.3 Å². The topological polar surface area (TPSA) is 97.1 Å². The quantitative estimate of drug-likeness (QED) is 0.888. The zero-order valence-corrected chi connectivity index (χ0v) is 14.3. The first-order chi connectivity index (χ1) is 12.7. The highest BCUT2D eigenvalue weighted by atomic mass is 16.5. The molecular formula is C19H20N4O3. The normalized spacial score (nSPS) is 19.2. The average Bonchev–Trinajstić information content (AvgIpc) is 2.69. The van der Waals surface area contributed by atoms with Gasteiger partial charge >= 0.3 is 6.09 Å². The van der Waals surface area contributed by atoms with E-state index in [0.717, 1.165) is 31.2 Å². The van der Waals surface area contributed by atoms with E-state index < -0.39 is 6.09 Å². The molecule has 26 heavy (non-hydrogen) atoms. The molecule has 1 fully saturated rings. The lowest BCUT2D eigenvalue weighted by Gasteiger charge is -2.28. The van der Waals surface area contributed by atoms with Gasteiger partial charge in [-0.15, -0.1) is 0 Å². The molecule has 1 saturated carbocycles. The molecule has 0 atom stereocenters. The van der Waals surface area contributed by atoms with Gasteiger partial charge in [0.05, 0.1) is 0 Å². The Morgan fingerprint density at radius 3 is 2.62 bits per heavy atom. The van der Waals surface area contributed by atoms with E-state index in [2.05, 4.69) is 15.3 Å². The van der Waals surface area contributed by atoms with Crippen molar-refractivity contribution in [2.75, 3.05) is 0 Å². The van der Waals surface area contributed by atoms with Crippen molar-refractivity contribution in [1.82, 2.24) is 15.3 Å². The Labute approximate surface area is 152 Å². The first kappa shape index (κ1) is 17.7. The monoisotopic (exact) mass is 352 g/mol. The van der Waals surface area contributed by atoms with Crippen LogP contribution in [0.4, 0.5) is 4.79 Å². The largest absolute Gasteiger partial charge is 0.472 e. The van der Waals surface area contributed by atoms with Gasteiger partial charge in [0, 0.05) is 18.4 Å². The molecule has 1 N–H and O–H groups in total. The van der Waals surface area contributed by atoms with Crippen molar-refractivity contribution in [3.05, 3.63) is 54.0 Å². The van der Waals surface area contributed by atoms with Gasteiger partial charge in [0.15, 0.2) is 0 Å². The van der Waals surface area contributed by atoms with Crippen LogP contribution in [0.15, 0.2) is 42.7 Å². The van der Waals surface area contributed by atoms with E-state index in [1.165, 1.54) is 12.4 Å². The summed E-state index contributed by atoms with van der Waals surface area (Å²) in [5.74, 6) is 0.272. The molecule has 1 aromatic carbocycles. The van der Waals surface area contributed by atoms with E-state index in [0.29, 0.717) is 0 Å². The molecule has 1 heterocycles. The number of rotatable bonds is 5. The number of benzene rings is 1. The van der Waals surface area contributed by atoms with Gasteiger partial charge in [-0.1, -0.05) is 30.3 Å². The zero-order chi connectivity index (χ0) is 18.2. The molecule has 0 unspecified atom stereocenters. The fourth-order valence-electron chi connectivity index (χ4n) is 2.90. The summed E-state index contributed by atoms with van der Waals surface area (Å²) in [7, 11) is 0. The summed E-state index contributed by atoms with van der Waals surface area (Å²) in [5.41, 5.74) is 1.15. The molecule has 2 aromatic rings. The van der Waals surface area contributed by atoms with Crippen molar-refractivity contribution in [1.29, 1.82) is 5.26 Å². The van der Waals surface area contributed by atoms with E-state index >= 15 is 0 Å². The Morgan fingerprint density at radius 2 is 1.88 bits per heavy atom. The van der Waals surface area contributed by atoms with Crippen LogP contribution in [0.25, 0.3) is 0 Å². The van der Waals surface area contributed by atoms with E-state index in [9.17, 15) is 4.79 Å². The molecule has 7 nitrogen and oxygen atoms in total. The van der Waals surface area contributed by atoms with Gasteiger partial charge in [0.2, 0.25) is 5.69 Å². The number of carbonyl (C=O) groups excluding carboxylic acids is 1. The van der Waals surface area contributed by atoms with E-state index in [4.69, 9.17) is 14.7 Å². The highest BCUT2D eigenvalue weighted by Gasteiger charge is 2.25. The van der Waals surface area contributed by atoms with Crippen LogP contribution in [-0.4, -0.2) is 28.2 Å². The molecule has 0 bridgehead atoms. The Morgan fingerprint density at radius 1 is 1.15 bits per heavy atom. The number of carbonyl (C=O) groups is 1. The van der Waals surface area contributed by atoms with Crippen LogP contribution in [0.5, 0.6) is 5.88 Å². The summed E-state index contributed by atoms with van der Waals surface area (Å²) in [4.78, 5) is 19.9. The molecule has 7 heteroatoms. The number of amides is 1. The van der Waals surface area contributed by atoms with Crippen molar-refractivity contribution < 1.29 is 14.3 Å². The van der Waals surface area contributed by atoms with Crippen molar-refractivity contribution >= 4 is 6.09 Å². The van der Waals surface area contributed by atoms with Gasteiger partial charge in [0.25, 0.3) is 5.88 Å². The highest BCUT2D eigenvalue weighted by molar-refractivity contribution is 5.67. The number of ether oxygens (including phenoxy) is 2. The Kier molecular flexibility index (Phi) is 5.99. The van der Waals surface area contributed by atoms with Gasteiger partial charge in [-0.3, -0.25) is 0 Å². The third kappa shape index (κ3) is 4.93. The minimum Gasteiger partial charge on any atom is -0.472 e. The maximum Gasteiger partial charge on any atom is 0.407 e. The summed E-state index contributed by atoms with van der Waals surface area (Å²) in [6.07, 6.45) is 5.65. The standard InChI is InChI=1S/C19H20N4O3/c20-12-17-18(22-11-10-21-17)26-16-8-6-15(7-9-16)23-19(24)25-13-14-4-2-1-3-5-14/h1-5,10-11,15-16H,6-9,13H2,(H,23,24). The van der Waals surface area contributed by atoms with Crippen LogP contribution in [-0.2, 0) is 11.3 Å². The summed E-state index contributed by atoms with van der Waals surface area (Å²) in [6.45, 7) is 0.259. The van der Waals surface area contributed by atoms with Gasteiger partial charge in [-0.25, -0.2) is 14.8 Å². The smallest absolute Gasteiger partial charge is 0.407 e. The highest BCUT2D eigenvalue weighted by Crippen LogP contribution is 2.24. The number of aromatic nitrogens is 2. The molecule has 1 aliphatic rings. The minimum absolute atomic E-state index is 0.0304. The lowest BCUT2D eigenvalue weighted by molar-refractivity contribution is 0.114. The third-order valence-corrected chi connectivity index (χ3v) is 4.26. The minimum atomic E-state index is -0.404. The molecule has 1 aromatic heterocycles. The molecule has 0 aliphatic heterocycles. The van der Waals surface area contributed by atoms with Crippen molar-refractivity contribution in [2.45, 2.75) is 44.4 Å².